The molecule has 0 amide bonds. The summed E-state index contributed by atoms with van der Waals surface area (Å²) < 4.78 is 5.38. The van der Waals surface area contributed by atoms with Crippen LogP contribution in [0.2, 0.25) is 0 Å². The van der Waals surface area contributed by atoms with Crippen LogP contribution in [0.1, 0.15) is 0 Å². The predicted molar refractivity (Wildman–Crippen MR) is 58.1 cm³/mol. The van der Waals surface area contributed by atoms with E-state index in [4.69, 9.17) is 14.8 Å². The lowest BCUT2D eigenvalue weighted by Crippen LogP contribution is -2.30. The van der Waals surface area contributed by atoms with Gasteiger partial charge in [-0.1, -0.05) is 0 Å². The van der Waals surface area contributed by atoms with Gasteiger partial charge in [0.25, 0.3) is 0 Å². The molecule has 0 unspecified atom stereocenters. The molecule has 1 aromatic heterocycles. The third-order valence-corrected chi connectivity index (χ3v) is 1.84. The largest absolute Gasteiger partial charge is 0.491 e. The Morgan fingerprint density at radius 3 is 2.73 bits per heavy atom. The van der Waals surface area contributed by atoms with Gasteiger partial charge in [0.05, 0.1) is 6.20 Å². The van der Waals surface area contributed by atoms with Crippen LogP contribution in [0, 0.1) is 0 Å². The van der Waals surface area contributed by atoms with Gasteiger partial charge in [-0.3, -0.25) is 4.98 Å². The fourth-order valence-corrected chi connectivity index (χ4v) is 1.00. The molecule has 1 rings (SSSR count). The molecule has 82 valence electrons. The molecule has 0 aromatic carbocycles. The summed E-state index contributed by atoms with van der Waals surface area (Å²) in [6, 6.07) is 1.56. The minimum absolute atomic E-state index is 0.331. The normalized spacial score (nSPS) is 10.5. The van der Waals surface area contributed by atoms with Gasteiger partial charge in [-0.25, -0.2) is 0 Å². The minimum Gasteiger partial charge on any atom is -0.491 e. The fraction of sp³-hybridized carbons (Fsp3) is 0.444. The van der Waals surface area contributed by atoms with Crippen LogP contribution in [0.4, 0.5) is 0 Å². The van der Waals surface area contributed by atoms with E-state index in [0.717, 1.165) is 6.54 Å². The molecule has 1 heterocycles. The van der Waals surface area contributed by atoms with Crippen molar-refractivity contribution in [1.82, 2.24) is 9.88 Å². The molecule has 1 aromatic rings. The highest BCUT2D eigenvalue weighted by Crippen LogP contribution is 2.04. The molecule has 0 atom stereocenters. The molecule has 0 aliphatic carbocycles. The van der Waals surface area contributed by atoms with E-state index < -0.39 is 7.12 Å². The highest BCUT2D eigenvalue weighted by molar-refractivity contribution is 6.58. The quantitative estimate of drug-likeness (QED) is 0.591. The monoisotopic (exact) mass is 210 g/mol. The van der Waals surface area contributed by atoms with E-state index in [9.17, 15) is 0 Å². The summed E-state index contributed by atoms with van der Waals surface area (Å²) in [7, 11) is 2.40. The van der Waals surface area contributed by atoms with Crippen molar-refractivity contribution in [3.8, 4) is 5.75 Å². The van der Waals surface area contributed by atoms with E-state index in [0.29, 0.717) is 17.8 Å². The van der Waals surface area contributed by atoms with Gasteiger partial charge in [-0.05, 0) is 20.2 Å². The summed E-state index contributed by atoms with van der Waals surface area (Å²) in [5.41, 5.74) is 0.331. The van der Waals surface area contributed by atoms with Crippen LogP contribution in [0.25, 0.3) is 0 Å². The molecule has 0 radical (unpaired) electrons. The third-order valence-electron chi connectivity index (χ3n) is 1.84. The minimum atomic E-state index is -1.50. The molecular weight excluding hydrogens is 195 g/mol. The van der Waals surface area contributed by atoms with E-state index in [2.05, 4.69) is 4.98 Å². The molecule has 0 spiro atoms. The first-order chi connectivity index (χ1) is 7.09. The third kappa shape index (κ3) is 4.29. The second-order valence-electron chi connectivity index (χ2n) is 3.48. The second-order valence-corrected chi connectivity index (χ2v) is 3.48. The zero-order valence-electron chi connectivity index (χ0n) is 8.92. The standard InChI is InChI=1S/C9H15BN2O3/c1-12(2)3-4-15-9-5-8(10(13)14)6-11-7-9/h5-7,13-14H,3-4H2,1-2H3. The summed E-state index contributed by atoms with van der Waals surface area (Å²) in [4.78, 5) is 5.84. The number of likely N-dealkylation sites (N-methyl/N-ethyl adjacent to an activating group) is 1. The van der Waals surface area contributed by atoms with Gasteiger partial charge in [-0.2, -0.15) is 0 Å². The number of pyridine rings is 1. The van der Waals surface area contributed by atoms with Gasteiger partial charge < -0.3 is 19.7 Å². The van der Waals surface area contributed by atoms with Gasteiger partial charge in [-0.15, -0.1) is 0 Å². The number of aromatic nitrogens is 1. The maximum atomic E-state index is 8.91. The first kappa shape index (κ1) is 12.0. The first-order valence-corrected chi connectivity index (χ1v) is 4.68. The number of hydrogen-bond acceptors (Lipinski definition) is 5. The van der Waals surface area contributed by atoms with E-state index >= 15 is 0 Å². The maximum absolute atomic E-state index is 8.91. The lowest BCUT2D eigenvalue weighted by atomic mass is 9.82. The van der Waals surface area contributed by atoms with Crippen molar-refractivity contribution >= 4 is 12.6 Å². The Balaban J connectivity index is 2.50. The van der Waals surface area contributed by atoms with Crippen molar-refractivity contribution in [1.29, 1.82) is 0 Å². The highest BCUT2D eigenvalue weighted by Gasteiger charge is 2.11. The van der Waals surface area contributed by atoms with E-state index in [1.54, 1.807) is 12.3 Å². The van der Waals surface area contributed by atoms with Crippen molar-refractivity contribution in [3.05, 3.63) is 18.5 Å². The topological polar surface area (TPSA) is 65.8 Å². The Bertz CT molecular complexity index is 307. The highest BCUT2D eigenvalue weighted by atomic mass is 16.5. The van der Waals surface area contributed by atoms with Gasteiger partial charge in [0, 0.05) is 18.2 Å². The van der Waals surface area contributed by atoms with Crippen molar-refractivity contribution < 1.29 is 14.8 Å². The molecule has 0 aliphatic heterocycles. The van der Waals surface area contributed by atoms with E-state index in [-0.39, 0.29) is 0 Å². The van der Waals surface area contributed by atoms with Gasteiger partial charge in [0.1, 0.15) is 12.4 Å². The average Bonchev–Trinajstić information content (AvgIpc) is 2.17. The number of ether oxygens (including phenoxy) is 1. The molecular formula is C9H15BN2O3. The average molecular weight is 210 g/mol. The van der Waals surface area contributed by atoms with Gasteiger partial charge in [0.15, 0.2) is 0 Å². The first-order valence-electron chi connectivity index (χ1n) is 4.68. The molecule has 5 nitrogen and oxygen atoms in total. The Morgan fingerprint density at radius 2 is 2.13 bits per heavy atom. The van der Waals surface area contributed by atoms with Crippen molar-refractivity contribution in [3.63, 3.8) is 0 Å². The van der Waals surface area contributed by atoms with Crippen molar-refractivity contribution in [2.24, 2.45) is 0 Å². The summed E-state index contributed by atoms with van der Waals surface area (Å²) in [5.74, 6) is 0.544. The maximum Gasteiger partial charge on any atom is 0.490 e. The number of hydrogen-bond donors (Lipinski definition) is 2. The smallest absolute Gasteiger partial charge is 0.490 e. The van der Waals surface area contributed by atoms with Crippen LogP contribution in [-0.2, 0) is 0 Å². The van der Waals surface area contributed by atoms with Gasteiger partial charge >= 0.3 is 7.12 Å². The second kappa shape index (κ2) is 5.70. The molecule has 2 N–H and O–H groups in total. The summed E-state index contributed by atoms with van der Waals surface area (Å²) in [6.07, 6.45) is 2.94. The number of nitrogens with zero attached hydrogens (tertiary/aromatic N) is 2. The number of rotatable bonds is 5. The van der Waals surface area contributed by atoms with Crippen LogP contribution in [0.5, 0.6) is 5.75 Å². The lowest BCUT2D eigenvalue weighted by Gasteiger charge is -2.11. The van der Waals surface area contributed by atoms with Crippen LogP contribution < -0.4 is 10.2 Å². The predicted octanol–water partition coefficient (Wildman–Crippen LogP) is -1.30. The molecule has 15 heavy (non-hydrogen) atoms. The Labute approximate surface area is 89.5 Å². The SMILES string of the molecule is CN(C)CCOc1cncc(B(O)O)c1. The zero-order valence-corrected chi connectivity index (χ0v) is 8.92. The van der Waals surface area contributed by atoms with Crippen LogP contribution in [0.3, 0.4) is 0 Å². The lowest BCUT2D eigenvalue weighted by molar-refractivity contribution is 0.260. The molecule has 0 bridgehead atoms. The summed E-state index contributed by atoms with van der Waals surface area (Å²) >= 11 is 0. The molecule has 6 heteroatoms. The van der Waals surface area contributed by atoms with Crippen molar-refractivity contribution in [2.45, 2.75) is 0 Å². The Morgan fingerprint density at radius 1 is 1.40 bits per heavy atom. The fourth-order valence-electron chi connectivity index (χ4n) is 1.00. The van der Waals surface area contributed by atoms with E-state index in [1.807, 2.05) is 19.0 Å². The molecule has 0 saturated heterocycles. The van der Waals surface area contributed by atoms with Gasteiger partial charge in [0.2, 0.25) is 0 Å². The van der Waals surface area contributed by atoms with E-state index in [1.165, 1.54) is 6.20 Å². The summed E-state index contributed by atoms with van der Waals surface area (Å²) in [5, 5.41) is 17.8. The van der Waals surface area contributed by atoms with Crippen molar-refractivity contribution in [2.75, 3.05) is 27.2 Å². The molecule has 0 saturated carbocycles. The molecule has 0 aliphatic rings. The van der Waals surface area contributed by atoms with Crippen LogP contribution in [0.15, 0.2) is 18.5 Å². The Hall–Kier alpha value is -1.11. The van der Waals surface area contributed by atoms with Crippen LogP contribution >= 0.6 is 0 Å². The Kier molecular flexibility index (Phi) is 4.55. The zero-order chi connectivity index (χ0) is 11.3. The summed E-state index contributed by atoms with van der Waals surface area (Å²) in [6.45, 7) is 1.34. The van der Waals surface area contributed by atoms with Crippen LogP contribution in [-0.4, -0.2) is 54.3 Å². The molecule has 0 fully saturated rings.